The third kappa shape index (κ3) is 9.46. The number of carbonyl (C=O) groups is 4. The molecule has 0 radical (unpaired) electrons. The summed E-state index contributed by atoms with van der Waals surface area (Å²) in [5, 5.41) is 9.29. The zero-order chi connectivity index (χ0) is 14.1. The van der Waals surface area contributed by atoms with Crippen molar-refractivity contribution in [3.63, 3.8) is 0 Å². The van der Waals surface area contributed by atoms with Gasteiger partial charge in [-0.2, -0.15) is 0 Å². The normalized spacial score (nSPS) is 10.0. The van der Waals surface area contributed by atoms with Gasteiger partial charge in [0.05, 0.1) is 0 Å². The van der Waals surface area contributed by atoms with Crippen molar-refractivity contribution in [3.05, 3.63) is 0 Å². The number of hydrogen-bond acceptors (Lipinski definition) is 7. The third-order valence-electron chi connectivity index (χ3n) is 1.66. The summed E-state index contributed by atoms with van der Waals surface area (Å²) in [6.45, 7) is 1.72. The molecule has 0 spiro atoms. The molecular weight excluding hydrogens is 244 g/mol. The summed E-state index contributed by atoms with van der Waals surface area (Å²) in [6, 6.07) is 0. The lowest BCUT2D eigenvalue weighted by Crippen LogP contribution is -2.26. The zero-order valence-corrected chi connectivity index (χ0v) is 10.3. The van der Waals surface area contributed by atoms with Crippen LogP contribution >= 0.6 is 0 Å². The maximum absolute atomic E-state index is 10.9. The number of rotatable bonds is 8. The fourth-order valence-corrected chi connectivity index (χ4v) is 0.935. The van der Waals surface area contributed by atoms with Gasteiger partial charge >= 0.3 is 11.9 Å². The van der Waals surface area contributed by atoms with E-state index in [0.717, 1.165) is 0 Å². The topological polar surface area (TPSA) is 107 Å². The Morgan fingerprint density at radius 2 is 1.22 bits per heavy atom. The minimum Gasteiger partial charge on any atom is -0.462 e. The Kier molecular flexibility index (Phi) is 7.53. The molecule has 102 valence electrons. The van der Waals surface area contributed by atoms with Crippen LogP contribution in [-0.2, 0) is 28.7 Å². The summed E-state index contributed by atoms with van der Waals surface area (Å²) in [4.78, 5) is 43.0. The predicted octanol–water partition coefficient (Wildman–Crippen LogP) is -0.608. The van der Waals surface area contributed by atoms with Crippen molar-refractivity contribution in [2.75, 3.05) is 13.2 Å². The third-order valence-corrected chi connectivity index (χ3v) is 1.66. The monoisotopic (exact) mass is 260 g/mol. The summed E-state index contributed by atoms with van der Waals surface area (Å²) < 4.78 is 9.12. The van der Waals surface area contributed by atoms with E-state index < -0.39 is 18.0 Å². The van der Waals surface area contributed by atoms with Crippen molar-refractivity contribution < 1.29 is 33.8 Å². The van der Waals surface area contributed by atoms with Crippen LogP contribution in [0.25, 0.3) is 0 Å². The van der Waals surface area contributed by atoms with E-state index in [4.69, 9.17) is 0 Å². The second-order valence-corrected chi connectivity index (χ2v) is 3.78. The summed E-state index contributed by atoms with van der Waals surface area (Å²) in [7, 11) is 0. The fourth-order valence-electron chi connectivity index (χ4n) is 0.935. The molecule has 1 N–H and O–H groups in total. The minimum absolute atomic E-state index is 0.345. The van der Waals surface area contributed by atoms with Crippen molar-refractivity contribution in [2.45, 2.75) is 32.8 Å². The van der Waals surface area contributed by atoms with E-state index in [1.807, 2.05) is 0 Å². The Morgan fingerprint density at radius 3 is 1.50 bits per heavy atom. The number of aliphatic hydroxyl groups excluding tert-OH is 1. The van der Waals surface area contributed by atoms with E-state index in [-0.39, 0.29) is 37.6 Å². The molecule has 18 heavy (non-hydrogen) atoms. The molecule has 0 amide bonds. The van der Waals surface area contributed by atoms with Crippen molar-refractivity contribution in [1.82, 2.24) is 0 Å². The molecule has 0 aromatic carbocycles. The van der Waals surface area contributed by atoms with E-state index in [1.165, 1.54) is 13.8 Å². The van der Waals surface area contributed by atoms with Crippen LogP contribution in [0.1, 0.15) is 26.7 Å². The van der Waals surface area contributed by atoms with E-state index >= 15 is 0 Å². The number of ketones is 2. The van der Waals surface area contributed by atoms with Crippen LogP contribution in [0.5, 0.6) is 0 Å². The van der Waals surface area contributed by atoms with Crippen LogP contribution in [0.15, 0.2) is 0 Å². The van der Waals surface area contributed by atoms with Gasteiger partial charge in [0.15, 0.2) is 0 Å². The summed E-state index contributed by atoms with van der Waals surface area (Å²) >= 11 is 0. The van der Waals surface area contributed by atoms with Crippen molar-refractivity contribution >= 4 is 23.5 Å². The molecule has 0 unspecified atom stereocenters. The Bertz CT molecular complexity index is 302. The van der Waals surface area contributed by atoms with Gasteiger partial charge in [0.25, 0.3) is 0 Å². The molecule has 0 aromatic heterocycles. The molecule has 0 aliphatic rings. The van der Waals surface area contributed by atoms with Gasteiger partial charge in [-0.3, -0.25) is 19.2 Å². The van der Waals surface area contributed by atoms with Gasteiger partial charge < -0.3 is 14.6 Å². The Hall–Kier alpha value is -1.76. The molecule has 0 atom stereocenters. The Morgan fingerprint density at radius 1 is 0.889 bits per heavy atom. The molecule has 0 aromatic rings. The van der Waals surface area contributed by atoms with Crippen LogP contribution in [-0.4, -0.2) is 47.9 Å². The van der Waals surface area contributed by atoms with Crippen LogP contribution < -0.4 is 0 Å². The van der Waals surface area contributed by atoms with Crippen LogP contribution in [0.4, 0.5) is 0 Å². The SMILES string of the molecule is CC(=O)CC(=O)OCC(O)COC(=O)CC(C)=O. The number of Topliss-reactive ketones (excluding diaryl/α,β-unsaturated/α-hetero) is 2. The van der Waals surface area contributed by atoms with E-state index in [9.17, 15) is 24.3 Å². The van der Waals surface area contributed by atoms with E-state index in [2.05, 4.69) is 9.47 Å². The quantitative estimate of drug-likeness (QED) is 0.458. The zero-order valence-electron chi connectivity index (χ0n) is 10.3. The summed E-state index contributed by atoms with van der Waals surface area (Å²) in [6.07, 6.45) is -1.91. The average Bonchev–Trinajstić information content (AvgIpc) is 2.21. The maximum Gasteiger partial charge on any atom is 0.313 e. The van der Waals surface area contributed by atoms with Crippen LogP contribution in [0.2, 0.25) is 0 Å². The van der Waals surface area contributed by atoms with E-state index in [0.29, 0.717) is 0 Å². The van der Waals surface area contributed by atoms with Gasteiger partial charge in [-0.05, 0) is 13.8 Å². The highest BCUT2D eigenvalue weighted by Gasteiger charge is 2.13. The summed E-state index contributed by atoms with van der Waals surface area (Å²) in [5.41, 5.74) is 0. The number of esters is 2. The largest absolute Gasteiger partial charge is 0.462 e. The van der Waals surface area contributed by atoms with Gasteiger partial charge in [0.2, 0.25) is 0 Å². The number of carbonyl (C=O) groups excluding carboxylic acids is 4. The molecule has 7 heteroatoms. The second-order valence-electron chi connectivity index (χ2n) is 3.78. The number of ether oxygens (including phenoxy) is 2. The fraction of sp³-hybridized carbons (Fsp3) is 0.636. The van der Waals surface area contributed by atoms with Gasteiger partial charge in [0.1, 0.15) is 43.7 Å². The first kappa shape index (κ1) is 16.2. The molecule has 0 aliphatic heterocycles. The maximum atomic E-state index is 10.9. The van der Waals surface area contributed by atoms with Crippen molar-refractivity contribution in [2.24, 2.45) is 0 Å². The van der Waals surface area contributed by atoms with Gasteiger partial charge in [-0.1, -0.05) is 0 Å². The highest BCUT2D eigenvalue weighted by Crippen LogP contribution is 1.95. The average molecular weight is 260 g/mol. The lowest BCUT2D eigenvalue weighted by atomic mass is 10.3. The van der Waals surface area contributed by atoms with Crippen molar-refractivity contribution in [3.8, 4) is 0 Å². The summed E-state index contributed by atoms with van der Waals surface area (Å²) in [5.74, 6) is -2.20. The molecule has 0 fully saturated rings. The number of hydrogen-bond donors (Lipinski definition) is 1. The van der Waals surface area contributed by atoms with Gasteiger partial charge in [0, 0.05) is 0 Å². The van der Waals surface area contributed by atoms with Crippen LogP contribution in [0, 0.1) is 0 Å². The molecule has 0 aliphatic carbocycles. The van der Waals surface area contributed by atoms with Crippen molar-refractivity contribution in [1.29, 1.82) is 0 Å². The first-order valence-corrected chi connectivity index (χ1v) is 5.29. The molecule has 0 rings (SSSR count). The standard InChI is InChI=1S/C11H16O7/c1-7(12)3-10(15)17-5-9(14)6-18-11(16)4-8(2)13/h9,14H,3-6H2,1-2H3. The lowest BCUT2D eigenvalue weighted by molar-refractivity contribution is -0.153. The first-order valence-electron chi connectivity index (χ1n) is 5.29. The van der Waals surface area contributed by atoms with E-state index in [1.54, 1.807) is 0 Å². The lowest BCUT2D eigenvalue weighted by Gasteiger charge is -2.11. The Balaban J connectivity index is 3.74. The molecule has 0 bridgehead atoms. The minimum atomic E-state index is -1.18. The second kappa shape index (κ2) is 8.35. The first-order chi connectivity index (χ1) is 8.31. The molecular formula is C11H16O7. The van der Waals surface area contributed by atoms with Gasteiger partial charge in [-0.25, -0.2) is 0 Å². The highest BCUT2D eigenvalue weighted by atomic mass is 16.6. The molecule has 0 heterocycles. The number of aliphatic hydroxyl groups is 1. The highest BCUT2D eigenvalue weighted by molar-refractivity contribution is 5.94. The van der Waals surface area contributed by atoms with Crippen LogP contribution in [0.3, 0.4) is 0 Å². The molecule has 0 saturated carbocycles. The molecule has 0 saturated heterocycles. The predicted molar refractivity (Wildman–Crippen MR) is 58.5 cm³/mol. The smallest absolute Gasteiger partial charge is 0.313 e. The van der Waals surface area contributed by atoms with Gasteiger partial charge in [-0.15, -0.1) is 0 Å². The molecule has 7 nitrogen and oxygen atoms in total. The Labute approximate surface area is 104 Å².